The first kappa shape index (κ1) is 14.6. The van der Waals surface area contributed by atoms with Crippen molar-refractivity contribution in [2.24, 2.45) is 5.73 Å². The summed E-state index contributed by atoms with van der Waals surface area (Å²) in [5.41, 5.74) is 5.20. The number of carbonyl (C=O) groups is 1. The lowest BCUT2D eigenvalue weighted by Gasteiger charge is -2.36. The normalized spacial score (nSPS) is 17.2. The molecule has 0 aromatic heterocycles. The van der Waals surface area contributed by atoms with Crippen LogP contribution in [0.1, 0.15) is 24.8 Å². The number of ether oxygens (including phenoxy) is 1. The Hall–Kier alpha value is -1.76. The maximum absolute atomic E-state index is 12.2. The summed E-state index contributed by atoms with van der Waals surface area (Å²) in [6, 6.07) is 5.68. The summed E-state index contributed by atoms with van der Waals surface area (Å²) in [5, 5.41) is 2.56. The van der Waals surface area contributed by atoms with Gasteiger partial charge in [-0.2, -0.15) is 0 Å². The average molecular weight is 288 g/mol. The van der Waals surface area contributed by atoms with Crippen LogP contribution in [0.4, 0.5) is 13.2 Å². The van der Waals surface area contributed by atoms with Gasteiger partial charge in [-0.3, -0.25) is 4.79 Å². The molecule has 0 aliphatic heterocycles. The molecule has 4 nitrogen and oxygen atoms in total. The van der Waals surface area contributed by atoms with Crippen molar-refractivity contribution in [1.82, 2.24) is 5.32 Å². The van der Waals surface area contributed by atoms with Crippen molar-refractivity contribution in [3.05, 3.63) is 29.8 Å². The smallest absolute Gasteiger partial charge is 0.405 e. The molecule has 0 radical (unpaired) electrons. The summed E-state index contributed by atoms with van der Waals surface area (Å²) >= 11 is 0. The SMILES string of the molecule is NC1(C(=O)NCc2ccccc2OC(F)(F)F)CCC1. The number of halogens is 3. The van der Waals surface area contributed by atoms with Crippen LogP contribution in [0.2, 0.25) is 0 Å². The van der Waals surface area contributed by atoms with Crippen LogP contribution in [-0.4, -0.2) is 17.8 Å². The van der Waals surface area contributed by atoms with Crippen molar-refractivity contribution < 1.29 is 22.7 Å². The summed E-state index contributed by atoms with van der Waals surface area (Å²) in [6.07, 6.45) is -2.68. The maximum Gasteiger partial charge on any atom is 0.573 e. The van der Waals surface area contributed by atoms with Gasteiger partial charge in [0, 0.05) is 12.1 Å². The first-order valence-corrected chi connectivity index (χ1v) is 6.21. The average Bonchev–Trinajstić information content (AvgIpc) is 2.32. The zero-order chi connectivity index (χ0) is 14.8. The summed E-state index contributed by atoms with van der Waals surface area (Å²) in [6.45, 7) is -0.0516. The lowest BCUT2D eigenvalue weighted by atomic mass is 9.77. The van der Waals surface area contributed by atoms with Gasteiger partial charge in [0.15, 0.2) is 0 Å². The molecule has 1 fully saturated rings. The van der Waals surface area contributed by atoms with Gasteiger partial charge >= 0.3 is 6.36 Å². The van der Waals surface area contributed by atoms with E-state index in [0.717, 1.165) is 6.42 Å². The molecule has 1 aliphatic carbocycles. The minimum atomic E-state index is -4.76. The molecule has 1 saturated carbocycles. The van der Waals surface area contributed by atoms with Crippen LogP contribution >= 0.6 is 0 Å². The Kier molecular flexibility index (Phi) is 3.89. The van der Waals surface area contributed by atoms with E-state index >= 15 is 0 Å². The zero-order valence-electron chi connectivity index (χ0n) is 10.7. The molecule has 0 unspecified atom stereocenters. The third kappa shape index (κ3) is 3.41. The van der Waals surface area contributed by atoms with E-state index < -0.39 is 11.9 Å². The Morgan fingerprint density at radius 2 is 2.00 bits per heavy atom. The molecule has 0 spiro atoms. The highest BCUT2D eigenvalue weighted by Crippen LogP contribution is 2.30. The third-order valence-electron chi connectivity index (χ3n) is 3.34. The molecule has 20 heavy (non-hydrogen) atoms. The van der Waals surface area contributed by atoms with Gasteiger partial charge in [-0.05, 0) is 25.3 Å². The van der Waals surface area contributed by atoms with Crippen molar-refractivity contribution in [3.8, 4) is 5.75 Å². The Labute approximate surface area is 114 Å². The van der Waals surface area contributed by atoms with Crippen LogP contribution in [0, 0.1) is 0 Å². The molecule has 2 rings (SSSR count). The molecule has 0 bridgehead atoms. The van der Waals surface area contributed by atoms with Gasteiger partial charge in [0.2, 0.25) is 5.91 Å². The molecule has 1 aromatic rings. The number of carbonyl (C=O) groups excluding carboxylic acids is 1. The number of hydrogen-bond acceptors (Lipinski definition) is 3. The molecule has 3 N–H and O–H groups in total. The predicted molar refractivity (Wildman–Crippen MR) is 65.7 cm³/mol. The first-order chi connectivity index (χ1) is 9.30. The van der Waals surface area contributed by atoms with Gasteiger partial charge in [-0.15, -0.1) is 13.2 Å². The van der Waals surface area contributed by atoms with Crippen molar-refractivity contribution in [2.45, 2.75) is 37.7 Å². The fraction of sp³-hybridized carbons (Fsp3) is 0.462. The number of benzene rings is 1. The molecule has 0 atom stereocenters. The Bertz CT molecular complexity index is 499. The summed E-state index contributed by atoms with van der Waals surface area (Å²) in [5.74, 6) is -0.662. The van der Waals surface area contributed by atoms with E-state index in [1.165, 1.54) is 18.2 Å². The molecule has 7 heteroatoms. The van der Waals surface area contributed by atoms with Gasteiger partial charge in [0.05, 0.1) is 5.54 Å². The second-order valence-corrected chi connectivity index (χ2v) is 4.85. The molecule has 1 amide bonds. The van der Waals surface area contributed by atoms with Gasteiger partial charge in [0.25, 0.3) is 0 Å². The Morgan fingerprint density at radius 3 is 2.55 bits per heavy atom. The van der Waals surface area contributed by atoms with Crippen LogP contribution in [0.15, 0.2) is 24.3 Å². The fourth-order valence-corrected chi connectivity index (χ4v) is 2.01. The second-order valence-electron chi connectivity index (χ2n) is 4.85. The summed E-state index contributed by atoms with van der Waals surface area (Å²) < 4.78 is 40.6. The van der Waals surface area contributed by atoms with E-state index in [4.69, 9.17) is 5.73 Å². The zero-order valence-corrected chi connectivity index (χ0v) is 10.7. The van der Waals surface area contributed by atoms with Crippen LogP contribution in [-0.2, 0) is 11.3 Å². The molecular weight excluding hydrogens is 273 g/mol. The number of nitrogens with two attached hydrogens (primary N) is 1. The van der Waals surface area contributed by atoms with Crippen LogP contribution < -0.4 is 15.8 Å². The molecule has 0 heterocycles. The van der Waals surface area contributed by atoms with E-state index in [9.17, 15) is 18.0 Å². The monoisotopic (exact) mass is 288 g/mol. The van der Waals surface area contributed by atoms with E-state index in [2.05, 4.69) is 10.1 Å². The lowest BCUT2D eigenvalue weighted by molar-refractivity contribution is -0.274. The lowest BCUT2D eigenvalue weighted by Crippen LogP contribution is -2.58. The van der Waals surface area contributed by atoms with Crippen molar-refractivity contribution in [3.63, 3.8) is 0 Å². The van der Waals surface area contributed by atoms with E-state index in [1.54, 1.807) is 6.07 Å². The van der Waals surface area contributed by atoms with Crippen LogP contribution in [0.3, 0.4) is 0 Å². The van der Waals surface area contributed by atoms with Gasteiger partial charge in [-0.25, -0.2) is 0 Å². The highest BCUT2D eigenvalue weighted by Gasteiger charge is 2.40. The summed E-state index contributed by atoms with van der Waals surface area (Å²) in [7, 11) is 0. The minimum Gasteiger partial charge on any atom is -0.405 e. The Morgan fingerprint density at radius 1 is 1.35 bits per heavy atom. The fourth-order valence-electron chi connectivity index (χ4n) is 2.01. The minimum absolute atomic E-state index is 0.0516. The standard InChI is InChI=1S/C13H15F3N2O2/c14-13(15,16)20-10-5-2-1-4-9(10)8-18-11(19)12(17)6-3-7-12/h1-2,4-5H,3,6-8,17H2,(H,18,19). The third-order valence-corrected chi connectivity index (χ3v) is 3.34. The van der Waals surface area contributed by atoms with Gasteiger partial charge < -0.3 is 15.8 Å². The number of hydrogen-bond donors (Lipinski definition) is 2. The van der Waals surface area contributed by atoms with Crippen LogP contribution in [0.5, 0.6) is 5.75 Å². The number of amides is 1. The number of alkyl halides is 3. The van der Waals surface area contributed by atoms with Gasteiger partial charge in [-0.1, -0.05) is 18.2 Å². The molecule has 0 saturated heterocycles. The summed E-state index contributed by atoms with van der Waals surface area (Å²) in [4.78, 5) is 11.8. The number of para-hydroxylation sites is 1. The molecule has 1 aliphatic rings. The van der Waals surface area contributed by atoms with Crippen molar-refractivity contribution >= 4 is 5.91 Å². The highest BCUT2D eigenvalue weighted by molar-refractivity contribution is 5.87. The Balaban J connectivity index is 2.00. The largest absolute Gasteiger partial charge is 0.573 e. The van der Waals surface area contributed by atoms with E-state index in [-0.39, 0.29) is 23.8 Å². The number of rotatable bonds is 4. The van der Waals surface area contributed by atoms with Crippen molar-refractivity contribution in [2.75, 3.05) is 0 Å². The number of nitrogens with one attached hydrogen (secondary N) is 1. The van der Waals surface area contributed by atoms with E-state index in [1.807, 2.05) is 0 Å². The second kappa shape index (κ2) is 5.32. The molecular formula is C13H15F3N2O2. The van der Waals surface area contributed by atoms with Crippen molar-refractivity contribution in [1.29, 1.82) is 0 Å². The van der Waals surface area contributed by atoms with Crippen LogP contribution in [0.25, 0.3) is 0 Å². The van der Waals surface area contributed by atoms with Gasteiger partial charge in [0.1, 0.15) is 5.75 Å². The predicted octanol–water partition coefficient (Wildman–Crippen LogP) is 2.08. The first-order valence-electron chi connectivity index (χ1n) is 6.21. The maximum atomic E-state index is 12.2. The highest BCUT2D eigenvalue weighted by atomic mass is 19.4. The topological polar surface area (TPSA) is 64.4 Å². The van der Waals surface area contributed by atoms with E-state index in [0.29, 0.717) is 12.8 Å². The quantitative estimate of drug-likeness (QED) is 0.891. The molecule has 110 valence electrons. The molecule has 1 aromatic carbocycles.